The van der Waals surface area contributed by atoms with E-state index in [-0.39, 0.29) is 5.69 Å². The minimum atomic E-state index is -1.06. The van der Waals surface area contributed by atoms with E-state index in [0.717, 1.165) is 6.07 Å². The summed E-state index contributed by atoms with van der Waals surface area (Å²) in [5.41, 5.74) is 1.75. The maximum atomic E-state index is 13.2. The van der Waals surface area contributed by atoms with Gasteiger partial charge in [0.1, 0.15) is 17.3 Å². The van der Waals surface area contributed by atoms with Crippen LogP contribution >= 0.6 is 0 Å². The monoisotopic (exact) mass is 273 g/mol. The van der Waals surface area contributed by atoms with Crippen molar-refractivity contribution in [2.75, 3.05) is 0 Å². The quantitative estimate of drug-likeness (QED) is 0.746. The van der Waals surface area contributed by atoms with Crippen molar-refractivity contribution in [1.29, 1.82) is 0 Å². The van der Waals surface area contributed by atoms with Crippen molar-refractivity contribution in [2.45, 2.75) is 0 Å². The predicted octanol–water partition coefficient (Wildman–Crippen LogP) is 3.81. The molecule has 100 valence electrons. The van der Waals surface area contributed by atoms with Gasteiger partial charge in [0.25, 0.3) is 0 Å². The van der Waals surface area contributed by atoms with Gasteiger partial charge in [-0.05, 0) is 41.5 Å². The van der Waals surface area contributed by atoms with Crippen molar-refractivity contribution in [3.8, 4) is 11.1 Å². The van der Waals surface area contributed by atoms with Gasteiger partial charge in [0.2, 0.25) is 0 Å². The number of H-pyrrole nitrogens is 1. The molecule has 0 saturated heterocycles. The molecule has 0 unspecified atom stereocenters. The van der Waals surface area contributed by atoms with E-state index in [1.54, 1.807) is 18.2 Å². The Hall–Kier alpha value is -2.69. The highest BCUT2D eigenvalue weighted by molar-refractivity contribution is 5.95. The lowest BCUT2D eigenvalue weighted by Crippen LogP contribution is -1.94. The highest BCUT2D eigenvalue weighted by atomic mass is 19.1. The molecule has 1 aromatic heterocycles. The Balaban J connectivity index is 2.14. The van der Waals surface area contributed by atoms with Crippen molar-refractivity contribution in [3.63, 3.8) is 0 Å². The lowest BCUT2D eigenvalue weighted by Gasteiger charge is -2.03. The van der Waals surface area contributed by atoms with E-state index in [2.05, 4.69) is 4.98 Å². The van der Waals surface area contributed by atoms with Crippen LogP contribution in [-0.4, -0.2) is 16.1 Å². The second-order valence-electron chi connectivity index (χ2n) is 4.45. The number of aromatic nitrogens is 1. The van der Waals surface area contributed by atoms with E-state index in [1.165, 1.54) is 18.2 Å². The summed E-state index contributed by atoms with van der Waals surface area (Å²) in [5, 5.41) is 9.59. The first kappa shape index (κ1) is 12.3. The minimum Gasteiger partial charge on any atom is -0.477 e. The van der Waals surface area contributed by atoms with Crippen LogP contribution in [0.5, 0.6) is 0 Å². The molecule has 2 aromatic carbocycles. The van der Waals surface area contributed by atoms with E-state index >= 15 is 0 Å². The van der Waals surface area contributed by atoms with E-state index in [9.17, 15) is 13.6 Å². The summed E-state index contributed by atoms with van der Waals surface area (Å²) in [5.74, 6) is -2.36. The van der Waals surface area contributed by atoms with Gasteiger partial charge in [-0.1, -0.05) is 6.07 Å². The Bertz CT molecular complexity index is 804. The van der Waals surface area contributed by atoms with Crippen LogP contribution in [0.3, 0.4) is 0 Å². The number of hydrogen-bond acceptors (Lipinski definition) is 1. The molecule has 0 bridgehead atoms. The summed E-state index contributed by atoms with van der Waals surface area (Å²) < 4.78 is 26.4. The van der Waals surface area contributed by atoms with Crippen molar-refractivity contribution in [2.24, 2.45) is 0 Å². The second kappa shape index (κ2) is 4.45. The van der Waals surface area contributed by atoms with Crippen LogP contribution in [0.4, 0.5) is 8.78 Å². The van der Waals surface area contributed by atoms with Gasteiger partial charge in [-0.25, -0.2) is 13.6 Å². The Morgan fingerprint density at radius 3 is 2.30 bits per heavy atom. The lowest BCUT2D eigenvalue weighted by molar-refractivity contribution is 0.0691. The van der Waals surface area contributed by atoms with Gasteiger partial charge in [0.05, 0.1) is 0 Å². The van der Waals surface area contributed by atoms with Gasteiger partial charge in [-0.3, -0.25) is 0 Å². The topological polar surface area (TPSA) is 53.1 Å². The molecule has 0 atom stereocenters. The van der Waals surface area contributed by atoms with E-state index < -0.39 is 17.6 Å². The number of fused-ring (bicyclic) bond motifs is 1. The number of benzene rings is 2. The van der Waals surface area contributed by atoms with Gasteiger partial charge >= 0.3 is 5.97 Å². The summed E-state index contributed by atoms with van der Waals surface area (Å²) in [6.07, 6.45) is 0. The molecule has 0 amide bonds. The van der Waals surface area contributed by atoms with Crippen LogP contribution in [0, 0.1) is 11.6 Å². The van der Waals surface area contributed by atoms with Crippen LogP contribution < -0.4 is 0 Å². The number of halogens is 2. The Kier molecular flexibility index (Phi) is 2.75. The zero-order valence-electron chi connectivity index (χ0n) is 10.2. The van der Waals surface area contributed by atoms with Gasteiger partial charge in [0.15, 0.2) is 0 Å². The number of nitrogens with one attached hydrogen (secondary N) is 1. The molecule has 0 fully saturated rings. The molecular weight excluding hydrogens is 264 g/mol. The molecule has 0 aliphatic carbocycles. The first-order valence-corrected chi connectivity index (χ1v) is 5.85. The minimum absolute atomic E-state index is 0.0718. The Morgan fingerprint density at radius 2 is 1.65 bits per heavy atom. The Labute approximate surface area is 112 Å². The smallest absolute Gasteiger partial charge is 0.352 e. The van der Waals surface area contributed by atoms with Gasteiger partial charge in [0, 0.05) is 17.0 Å². The van der Waals surface area contributed by atoms with Crippen LogP contribution in [0.25, 0.3) is 22.0 Å². The van der Waals surface area contributed by atoms with Crippen LogP contribution in [0.1, 0.15) is 10.5 Å². The normalized spacial score (nSPS) is 10.9. The van der Waals surface area contributed by atoms with Gasteiger partial charge in [-0.2, -0.15) is 0 Å². The molecule has 0 radical (unpaired) electrons. The molecule has 0 aliphatic heterocycles. The number of carboxylic acids is 1. The highest BCUT2D eigenvalue weighted by Crippen LogP contribution is 2.26. The van der Waals surface area contributed by atoms with Crippen LogP contribution in [0.15, 0.2) is 42.5 Å². The summed E-state index contributed by atoms with van der Waals surface area (Å²) in [6, 6.07) is 9.80. The first-order valence-electron chi connectivity index (χ1n) is 5.85. The maximum absolute atomic E-state index is 13.2. The average molecular weight is 273 g/mol. The van der Waals surface area contributed by atoms with Crippen LogP contribution in [-0.2, 0) is 0 Å². The van der Waals surface area contributed by atoms with Crippen molar-refractivity contribution < 1.29 is 18.7 Å². The summed E-state index contributed by atoms with van der Waals surface area (Å²) in [4.78, 5) is 13.6. The lowest BCUT2D eigenvalue weighted by atomic mass is 10.0. The fraction of sp³-hybridized carbons (Fsp3) is 0. The van der Waals surface area contributed by atoms with Gasteiger partial charge in [-0.15, -0.1) is 0 Å². The van der Waals surface area contributed by atoms with Crippen molar-refractivity contribution in [3.05, 3.63) is 59.8 Å². The summed E-state index contributed by atoms with van der Waals surface area (Å²) in [7, 11) is 0. The van der Waals surface area contributed by atoms with Crippen molar-refractivity contribution >= 4 is 16.9 Å². The molecule has 3 nitrogen and oxygen atoms in total. The first-order chi connectivity index (χ1) is 9.52. The van der Waals surface area contributed by atoms with E-state index in [1.807, 2.05) is 0 Å². The fourth-order valence-electron chi connectivity index (χ4n) is 2.15. The second-order valence-corrected chi connectivity index (χ2v) is 4.45. The summed E-state index contributed by atoms with van der Waals surface area (Å²) in [6.45, 7) is 0. The zero-order valence-corrected chi connectivity index (χ0v) is 10.2. The number of hydrogen-bond donors (Lipinski definition) is 2. The average Bonchev–Trinajstić information content (AvgIpc) is 2.80. The third kappa shape index (κ3) is 2.14. The molecule has 3 aromatic rings. The molecule has 1 heterocycles. The zero-order chi connectivity index (χ0) is 14.3. The third-order valence-electron chi connectivity index (χ3n) is 3.05. The number of carboxylic acid groups (broad SMARTS) is 1. The van der Waals surface area contributed by atoms with Crippen LogP contribution in [0.2, 0.25) is 0 Å². The molecule has 20 heavy (non-hydrogen) atoms. The molecular formula is C15H9F2NO2. The number of aromatic carboxylic acids is 1. The van der Waals surface area contributed by atoms with E-state index in [0.29, 0.717) is 22.0 Å². The molecule has 2 N–H and O–H groups in total. The molecule has 0 aliphatic rings. The standard InChI is InChI=1S/C15H9F2NO2/c16-11-4-9(5-12(17)7-11)8-1-2-13-10(3-8)6-14(18-13)15(19)20/h1-7,18H,(H,19,20). The highest BCUT2D eigenvalue weighted by Gasteiger charge is 2.09. The van der Waals surface area contributed by atoms with Gasteiger partial charge < -0.3 is 10.1 Å². The molecule has 0 saturated carbocycles. The largest absolute Gasteiger partial charge is 0.477 e. The molecule has 3 rings (SSSR count). The predicted molar refractivity (Wildman–Crippen MR) is 70.6 cm³/mol. The SMILES string of the molecule is O=C(O)c1cc2cc(-c3cc(F)cc(F)c3)ccc2[nH]1. The summed E-state index contributed by atoms with van der Waals surface area (Å²) >= 11 is 0. The Morgan fingerprint density at radius 1 is 0.950 bits per heavy atom. The van der Waals surface area contributed by atoms with E-state index in [4.69, 9.17) is 5.11 Å². The molecule has 0 spiro atoms. The van der Waals surface area contributed by atoms with Crippen molar-refractivity contribution in [1.82, 2.24) is 4.98 Å². The maximum Gasteiger partial charge on any atom is 0.352 e. The number of rotatable bonds is 2. The fourth-order valence-corrected chi connectivity index (χ4v) is 2.15. The number of carbonyl (C=O) groups is 1. The number of aromatic amines is 1. The third-order valence-corrected chi connectivity index (χ3v) is 3.05. The molecule has 5 heteroatoms.